The predicted octanol–water partition coefficient (Wildman–Crippen LogP) is 9.77. The minimum Gasteiger partial charge on any atom is -0.606 e. The van der Waals surface area contributed by atoms with E-state index in [0.717, 1.165) is 115 Å². The monoisotopic (exact) mass is 1490 g/mol. The Morgan fingerprint density at radius 3 is 1.62 bits per heavy atom. The molecule has 0 aliphatic carbocycles. The van der Waals surface area contributed by atoms with Crippen molar-refractivity contribution in [2.24, 2.45) is 0 Å². The summed E-state index contributed by atoms with van der Waals surface area (Å²) in [6.07, 6.45) is 40.8. The first-order valence-corrected chi connectivity index (χ1v) is 42.3. The van der Waals surface area contributed by atoms with Gasteiger partial charge in [-0.2, -0.15) is 25.7 Å². The van der Waals surface area contributed by atoms with E-state index in [1.54, 1.807) is 19.2 Å². The Balaban J connectivity index is 0.000000808. The third-order valence-electron chi connectivity index (χ3n) is 19.1. The molecule has 24 nitrogen and oxygen atoms in total. The van der Waals surface area contributed by atoms with E-state index in [0.29, 0.717) is 54.9 Å². The second-order valence-corrected chi connectivity index (χ2v) is 32.4. The minimum atomic E-state index is -4.38. The quantitative estimate of drug-likeness (QED) is 0.00885. The molecule has 6 amide bonds. The summed E-state index contributed by atoms with van der Waals surface area (Å²) in [5.74, 6) is 0.301. The van der Waals surface area contributed by atoms with E-state index >= 15 is 0 Å². The van der Waals surface area contributed by atoms with Gasteiger partial charge in [0.1, 0.15) is 44.2 Å². The third kappa shape index (κ3) is 46.9. The fourth-order valence-corrected chi connectivity index (χ4v) is 14.8. The van der Waals surface area contributed by atoms with Gasteiger partial charge in [-0.25, -0.2) is 4.79 Å². The lowest BCUT2D eigenvalue weighted by molar-refractivity contribution is -0.870. The number of hydrogen-bond acceptors (Lipinski definition) is 18. The number of hydrogen-bond donors (Lipinski definition) is 12. The Morgan fingerprint density at radius 2 is 1.11 bits per heavy atom. The Hall–Kier alpha value is -3.11. The molecule has 102 heavy (non-hydrogen) atoms. The number of carbonyl (C=O) groups is 5. The second-order valence-electron chi connectivity index (χ2n) is 29.6. The van der Waals surface area contributed by atoms with Crippen molar-refractivity contribution >= 4 is 49.6 Å². The molecule has 0 radical (unpaired) electrons. The molecule has 26 heteroatoms. The van der Waals surface area contributed by atoms with Crippen LogP contribution in [0.5, 0.6) is 0 Å². The van der Waals surface area contributed by atoms with Crippen LogP contribution in [0.4, 0.5) is 4.79 Å². The molecule has 3 rings (SSSR count). The number of phosphoric ester groups is 1. The Bertz CT molecular complexity index is 2220. The number of aliphatic hydroxyl groups is 6. The summed E-state index contributed by atoms with van der Waals surface area (Å²) in [6, 6.07) is -1.38. The van der Waals surface area contributed by atoms with E-state index in [1.165, 1.54) is 120 Å². The highest BCUT2D eigenvalue weighted by atomic mass is 32.2. The molecule has 596 valence electrons. The van der Waals surface area contributed by atoms with Crippen LogP contribution >= 0.6 is 19.9 Å². The smallest absolute Gasteiger partial charge is 0.377 e. The Morgan fingerprint density at radius 1 is 0.627 bits per heavy atom. The summed E-state index contributed by atoms with van der Waals surface area (Å²) in [5.41, 5.74) is 0. The topological polar surface area (TPSA) is 350 Å². The van der Waals surface area contributed by atoms with Crippen LogP contribution in [0.1, 0.15) is 278 Å². The number of nitrogens with zero attached hydrogens (tertiary/aromatic N) is 2. The molecule has 0 bridgehead atoms. The summed E-state index contributed by atoms with van der Waals surface area (Å²) in [4.78, 5) is 86.0. The van der Waals surface area contributed by atoms with Gasteiger partial charge in [0.05, 0.1) is 77.3 Å². The maximum atomic E-state index is 12.9. The third-order valence-corrected chi connectivity index (χ3v) is 21.6. The van der Waals surface area contributed by atoms with Crippen LogP contribution in [0.15, 0.2) is 24.3 Å². The highest BCUT2D eigenvalue weighted by molar-refractivity contribution is 8.00. The number of unbranched alkanes of at least 4 members (excludes halogenated alkanes) is 31. The van der Waals surface area contributed by atoms with E-state index in [2.05, 4.69) is 40.4 Å². The molecule has 3 aliphatic rings. The van der Waals surface area contributed by atoms with Crippen LogP contribution in [0.3, 0.4) is 0 Å². The molecule has 12 N–H and O–H groups in total. The van der Waals surface area contributed by atoms with Gasteiger partial charge in [0, 0.05) is 43.9 Å². The fraction of sp³-hybridized carbons (Fsp3) is 0.882. The summed E-state index contributed by atoms with van der Waals surface area (Å²) in [6.45, 7) is 6.45. The van der Waals surface area contributed by atoms with Gasteiger partial charge < -0.3 is 81.0 Å². The zero-order valence-electron chi connectivity index (χ0n) is 64.1. The minimum absolute atomic E-state index is 0.0245. The highest BCUT2D eigenvalue weighted by Crippen LogP contribution is 2.47. The lowest BCUT2D eigenvalue weighted by atomic mass is 9.99. The Labute approximate surface area is 619 Å². The first-order chi connectivity index (χ1) is 48.9. The van der Waals surface area contributed by atoms with E-state index < -0.39 is 69.8 Å². The maximum absolute atomic E-state index is 12.9. The first-order valence-electron chi connectivity index (χ1n) is 39.8. The standard InChI is InChI=1S/C48H91N6O9PS.C28H53NO8/c1-6-7-8-9-10-11-12-13-14-16-19-22-25-30-42(55)40(38-63-64(60,61)62-36-35-54(3,4)5)50-44(56)32-26-23-20-17-15-18-21-24-29-34-49-45(57)37-53(2)46(58)33-28-27-31-43-47-41(39-65-43)51-48(59)52-47;1-3-5-6-7-8-9-10-11-12-13-14-15-16-18-22(31)21(29-24(32)17-4-2)20-36-28-27(35)26(34)25(33)23(19-30)37-28/h25,30,40-43,47,55H,6-24,26-29,31-39H2,1-5H3,(H4-,49,50,51,52,56,57,59,60,61);16,18,21-23,25-28,30-31,33-35H,3-15,17,19-20H2,1-2H3,(H,29,32)/p+1/t40?,41-,42-,43+,47-;21-,22-,23?,25?,26?,27?,28?/m11/s1. The Kier molecular flexibility index (Phi) is 54.9. The summed E-state index contributed by atoms with van der Waals surface area (Å²) in [5, 5.41) is 75.9. The van der Waals surface area contributed by atoms with Crippen LogP contribution < -0.4 is 31.5 Å². The van der Waals surface area contributed by atoms with E-state index in [9.17, 15) is 64.4 Å². The molecule has 0 aromatic heterocycles. The van der Waals surface area contributed by atoms with Crippen molar-refractivity contribution in [2.75, 3.05) is 80.0 Å². The number of ether oxygens (including phenoxy) is 2. The van der Waals surface area contributed by atoms with Gasteiger partial charge in [-0.1, -0.05) is 225 Å². The molecule has 3 saturated heterocycles. The number of phosphoric acid groups is 1. The van der Waals surface area contributed by atoms with Gasteiger partial charge in [0.15, 0.2) is 6.29 Å². The molecule has 3 aliphatic heterocycles. The van der Waals surface area contributed by atoms with Gasteiger partial charge in [-0.3, -0.25) is 19.2 Å². The van der Waals surface area contributed by atoms with Crippen molar-refractivity contribution < 1.29 is 87.4 Å². The van der Waals surface area contributed by atoms with Crippen LogP contribution in [0.2, 0.25) is 0 Å². The normalized spacial score (nSPS) is 21.5. The van der Waals surface area contributed by atoms with Gasteiger partial charge in [0.25, 0.3) is 0 Å². The lowest BCUT2D eigenvalue weighted by Gasteiger charge is -2.40. The number of aliphatic hydroxyl groups excluding tert-OH is 6. The number of likely N-dealkylation sites (N-methyl/N-ethyl adjacent to an activating group) is 2. The molecule has 3 fully saturated rings. The molecule has 13 atom stereocenters. The average molecular weight is 1490 g/mol. The van der Waals surface area contributed by atoms with Crippen molar-refractivity contribution in [1.82, 2.24) is 31.5 Å². The van der Waals surface area contributed by atoms with Crippen molar-refractivity contribution in [2.45, 2.75) is 350 Å². The van der Waals surface area contributed by atoms with Gasteiger partial charge >= 0.3 is 14.2 Å². The van der Waals surface area contributed by atoms with Gasteiger partial charge in [-0.05, 0) is 57.8 Å². The van der Waals surface area contributed by atoms with Crippen LogP contribution in [0, 0.1) is 0 Å². The van der Waals surface area contributed by atoms with Crippen molar-refractivity contribution in [3.63, 3.8) is 0 Å². The average Bonchev–Trinajstić information content (AvgIpc) is 1.61. The maximum Gasteiger partial charge on any atom is 0.377 e. The number of fused-ring (bicyclic) bond motifs is 1. The zero-order chi connectivity index (χ0) is 75.2. The molecule has 3 heterocycles. The SMILES string of the molecule is CCCCCCCCCCCCCC=C[C@@H](O)C(CO[P+]([O-])(O)OCC[N+](C)(C)C)NC(=O)CCCCCCCCCCCNC(=O)CN(C)C(=O)CCCC[C@@H]1SC[C@H]2NC(=O)N[C@@H]12.CCCCCCCCCCCCCC=C[C@@H](O)[C@@H](COC1OC(CO)C(O)C(O)C1O)NC(=O)CCC. The van der Waals surface area contributed by atoms with Crippen molar-refractivity contribution in [3.8, 4) is 0 Å². The predicted molar refractivity (Wildman–Crippen MR) is 406 cm³/mol. The number of quaternary nitrogens is 1. The first kappa shape index (κ1) is 95.0. The second kappa shape index (κ2) is 58.9. The van der Waals surface area contributed by atoms with Crippen molar-refractivity contribution in [1.29, 1.82) is 0 Å². The number of allylic oxidation sites excluding steroid dienone is 2. The molecule has 0 aromatic carbocycles. The molecular formula is C76H145N7O17PS+. The van der Waals surface area contributed by atoms with Crippen LogP contribution in [0.25, 0.3) is 0 Å². The van der Waals surface area contributed by atoms with Crippen molar-refractivity contribution in [3.05, 3.63) is 24.3 Å². The number of rotatable bonds is 62. The number of urea groups is 1. The fourth-order valence-electron chi connectivity index (χ4n) is 12.6. The molecule has 7 unspecified atom stereocenters. The lowest BCUT2D eigenvalue weighted by Crippen LogP contribution is -2.60. The van der Waals surface area contributed by atoms with Gasteiger partial charge in [0.2, 0.25) is 23.6 Å². The van der Waals surface area contributed by atoms with Crippen LogP contribution in [-0.2, 0) is 37.7 Å². The van der Waals surface area contributed by atoms with Gasteiger partial charge in [-0.15, -0.1) is 0 Å². The number of amides is 6. The van der Waals surface area contributed by atoms with E-state index in [4.69, 9.17) is 18.5 Å². The highest BCUT2D eigenvalue weighted by Gasteiger charge is 2.45. The summed E-state index contributed by atoms with van der Waals surface area (Å²) >= 11 is 1.88. The summed E-state index contributed by atoms with van der Waals surface area (Å²) in [7, 11) is 3.15. The number of thioether (sulfide) groups is 1. The largest absolute Gasteiger partial charge is 0.606 e. The number of nitrogens with one attached hydrogen (secondary N) is 5. The molecule has 0 aromatic rings. The molecular weight excluding hydrogens is 1350 g/mol. The molecule has 0 spiro atoms. The van der Waals surface area contributed by atoms with Crippen LogP contribution in [-0.4, -0.2) is 227 Å². The summed E-state index contributed by atoms with van der Waals surface area (Å²) < 4.78 is 21.9. The molecule has 0 saturated carbocycles. The van der Waals surface area contributed by atoms with E-state index in [1.807, 2.05) is 52.0 Å². The zero-order valence-corrected chi connectivity index (χ0v) is 65.9. The van der Waals surface area contributed by atoms with E-state index in [-0.39, 0.29) is 68.1 Å². The number of carbonyl (C=O) groups excluding carboxylic acids is 5.